The van der Waals surface area contributed by atoms with E-state index in [2.05, 4.69) is 0 Å². The minimum Gasteiger partial charge on any atom is -0.466 e. The maximum absolute atomic E-state index is 12.5. The van der Waals surface area contributed by atoms with E-state index in [0.717, 1.165) is 0 Å². The van der Waals surface area contributed by atoms with Gasteiger partial charge in [-0.05, 0) is 37.1 Å². The molecule has 8 nitrogen and oxygen atoms in total. The highest BCUT2D eigenvalue weighted by Gasteiger charge is 2.21. The van der Waals surface area contributed by atoms with Gasteiger partial charge in [-0.3, -0.25) is 19.7 Å². The molecule has 0 aliphatic heterocycles. The zero-order valence-corrected chi connectivity index (χ0v) is 15.0. The molecule has 8 heteroatoms. The summed E-state index contributed by atoms with van der Waals surface area (Å²) < 4.78 is 4.87. The van der Waals surface area contributed by atoms with Crippen LogP contribution in [-0.4, -0.2) is 52.6 Å². The summed E-state index contributed by atoms with van der Waals surface area (Å²) in [4.78, 5) is 35.6. The van der Waals surface area contributed by atoms with Crippen LogP contribution in [0.1, 0.15) is 32.3 Å². The Hall–Kier alpha value is -2.74. The summed E-state index contributed by atoms with van der Waals surface area (Å²) in [5.74, 6) is -0.758. The lowest BCUT2D eigenvalue weighted by Gasteiger charge is -2.28. The average Bonchev–Trinajstić information content (AvgIpc) is 2.63. The third-order valence-corrected chi connectivity index (χ3v) is 3.79. The zero-order valence-electron chi connectivity index (χ0n) is 15.0. The fourth-order valence-corrected chi connectivity index (χ4v) is 2.34. The van der Waals surface area contributed by atoms with Crippen molar-refractivity contribution >= 4 is 23.6 Å². The Labute approximate surface area is 152 Å². The maximum Gasteiger partial charge on any atom is 0.307 e. The van der Waals surface area contributed by atoms with Crippen LogP contribution < -0.4 is 0 Å². The van der Waals surface area contributed by atoms with Crippen LogP contribution >= 0.6 is 0 Å². The van der Waals surface area contributed by atoms with Crippen LogP contribution in [0.3, 0.4) is 0 Å². The number of hydrogen-bond donors (Lipinski definition) is 1. The summed E-state index contributed by atoms with van der Waals surface area (Å²) in [6.45, 7) is 3.74. The van der Waals surface area contributed by atoms with Gasteiger partial charge in [0.15, 0.2) is 0 Å². The molecule has 0 aliphatic carbocycles. The van der Waals surface area contributed by atoms with Gasteiger partial charge in [0.05, 0.1) is 30.6 Å². The first-order valence-electron chi connectivity index (χ1n) is 8.42. The first kappa shape index (κ1) is 21.3. The third-order valence-electron chi connectivity index (χ3n) is 3.79. The zero-order chi connectivity index (χ0) is 19.5. The second-order valence-corrected chi connectivity index (χ2v) is 5.51. The molecule has 1 N–H and O–H groups in total. The van der Waals surface area contributed by atoms with Gasteiger partial charge in [-0.25, -0.2) is 0 Å². The molecule has 1 atom stereocenters. The number of nitro groups is 1. The molecule has 1 aromatic carbocycles. The van der Waals surface area contributed by atoms with Crippen molar-refractivity contribution in [3.8, 4) is 0 Å². The molecule has 1 rings (SSSR count). The van der Waals surface area contributed by atoms with E-state index in [0.29, 0.717) is 12.0 Å². The van der Waals surface area contributed by atoms with Crippen molar-refractivity contribution in [3.63, 3.8) is 0 Å². The summed E-state index contributed by atoms with van der Waals surface area (Å²) in [5, 5.41) is 20.1. The Morgan fingerprint density at radius 3 is 2.46 bits per heavy atom. The molecule has 0 radical (unpaired) electrons. The van der Waals surface area contributed by atoms with Crippen LogP contribution in [-0.2, 0) is 14.3 Å². The van der Waals surface area contributed by atoms with Crippen LogP contribution in [0.15, 0.2) is 30.3 Å². The molecule has 0 bridgehead atoms. The van der Waals surface area contributed by atoms with E-state index in [9.17, 15) is 24.8 Å². The molecule has 0 spiro atoms. The van der Waals surface area contributed by atoms with E-state index < -0.39 is 16.9 Å². The number of carbonyl (C=O) groups excluding carboxylic acids is 2. The number of rotatable bonds is 10. The highest BCUT2D eigenvalue weighted by atomic mass is 16.6. The molecule has 0 fully saturated rings. The van der Waals surface area contributed by atoms with Crippen LogP contribution in [0.25, 0.3) is 6.08 Å². The number of carbonyl (C=O) groups is 2. The predicted octanol–water partition coefficient (Wildman–Crippen LogP) is 2.16. The summed E-state index contributed by atoms with van der Waals surface area (Å²) >= 11 is 0. The number of aliphatic hydroxyl groups excluding tert-OH is 1. The second-order valence-electron chi connectivity index (χ2n) is 5.51. The molecule has 0 aliphatic rings. The number of non-ortho nitro benzene ring substituents is 1. The molecular formula is C18H24N2O6. The summed E-state index contributed by atoms with van der Waals surface area (Å²) in [6, 6.07) is 5.37. The monoisotopic (exact) mass is 364 g/mol. The van der Waals surface area contributed by atoms with Gasteiger partial charge in [0.1, 0.15) is 0 Å². The van der Waals surface area contributed by atoms with Crippen LogP contribution in [0.4, 0.5) is 5.69 Å². The SMILES string of the molecule is CCOC(=O)CCN(C(=O)/C=C/c1ccc([N+](=O)[O-])cc1)C(CC)CO. The van der Waals surface area contributed by atoms with Gasteiger partial charge in [0.2, 0.25) is 5.91 Å². The molecule has 0 saturated carbocycles. The normalized spacial score (nSPS) is 12.0. The molecule has 0 saturated heterocycles. The number of amides is 1. The highest BCUT2D eigenvalue weighted by molar-refractivity contribution is 5.92. The van der Waals surface area contributed by atoms with Crippen LogP contribution in [0, 0.1) is 10.1 Å². The number of esters is 1. The van der Waals surface area contributed by atoms with Gasteiger partial charge in [-0.15, -0.1) is 0 Å². The topological polar surface area (TPSA) is 110 Å². The summed E-state index contributed by atoms with van der Waals surface area (Å²) in [7, 11) is 0. The average molecular weight is 364 g/mol. The third kappa shape index (κ3) is 6.64. The minimum atomic E-state index is -0.497. The Morgan fingerprint density at radius 2 is 1.96 bits per heavy atom. The Balaban J connectivity index is 2.82. The first-order chi connectivity index (χ1) is 12.4. The summed E-state index contributed by atoms with van der Waals surface area (Å²) in [5.41, 5.74) is 0.599. The van der Waals surface area contributed by atoms with Crippen molar-refractivity contribution in [2.24, 2.45) is 0 Å². The van der Waals surface area contributed by atoms with Gasteiger partial charge >= 0.3 is 5.97 Å². The number of nitrogens with zero attached hydrogens (tertiary/aromatic N) is 2. The van der Waals surface area contributed by atoms with Crippen molar-refractivity contribution in [2.75, 3.05) is 19.8 Å². The first-order valence-corrected chi connectivity index (χ1v) is 8.42. The predicted molar refractivity (Wildman–Crippen MR) is 96.3 cm³/mol. The van der Waals surface area contributed by atoms with E-state index in [1.807, 2.05) is 6.92 Å². The molecular weight excluding hydrogens is 340 g/mol. The Morgan fingerprint density at radius 1 is 1.31 bits per heavy atom. The van der Waals surface area contributed by atoms with E-state index in [4.69, 9.17) is 4.74 Å². The van der Waals surface area contributed by atoms with Crippen molar-refractivity contribution in [3.05, 3.63) is 46.0 Å². The molecule has 1 unspecified atom stereocenters. The number of ether oxygens (including phenoxy) is 1. The fraction of sp³-hybridized carbons (Fsp3) is 0.444. The van der Waals surface area contributed by atoms with Crippen molar-refractivity contribution in [2.45, 2.75) is 32.7 Å². The molecule has 1 aromatic rings. The van der Waals surface area contributed by atoms with Crippen molar-refractivity contribution in [1.29, 1.82) is 0 Å². The lowest BCUT2D eigenvalue weighted by Crippen LogP contribution is -2.42. The maximum atomic E-state index is 12.5. The Kier molecular flexibility index (Phi) is 9.00. The molecule has 142 valence electrons. The van der Waals surface area contributed by atoms with Gasteiger partial charge in [0, 0.05) is 24.8 Å². The fourth-order valence-electron chi connectivity index (χ4n) is 2.34. The number of aliphatic hydroxyl groups is 1. The van der Waals surface area contributed by atoms with E-state index >= 15 is 0 Å². The van der Waals surface area contributed by atoms with Gasteiger partial charge in [-0.1, -0.05) is 6.92 Å². The highest BCUT2D eigenvalue weighted by Crippen LogP contribution is 2.14. The van der Waals surface area contributed by atoms with Gasteiger partial charge < -0.3 is 14.7 Å². The molecule has 26 heavy (non-hydrogen) atoms. The van der Waals surface area contributed by atoms with Crippen molar-refractivity contribution < 1.29 is 24.4 Å². The largest absolute Gasteiger partial charge is 0.466 e. The summed E-state index contributed by atoms with van der Waals surface area (Å²) in [6.07, 6.45) is 3.44. The standard InChI is InChI=1S/C18H24N2O6/c1-3-15(13-21)19(12-11-18(23)26-4-2)17(22)10-7-14-5-8-16(9-6-14)20(24)25/h5-10,15,21H,3-4,11-13H2,1-2H3/b10-7+. The van der Waals surface area contributed by atoms with E-state index in [1.165, 1.54) is 41.3 Å². The van der Waals surface area contributed by atoms with Gasteiger partial charge in [0.25, 0.3) is 5.69 Å². The van der Waals surface area contributed by atoms with Gasteiger partial charge in [-0.2, -0.15) is 0 Å². The lowest BCUT2D eigenvalue weighted by atomic mass is 10.1. The minimum absolute atomic E-state index is 0.0316. The second kappa shape index (κ2) is 11.0. The van der Waals surface area contributed by atoms with Crippen LogP contribution in [0.5, 0.6) is 0 Å². The van der Waals surface area contributed by atoms with E-state index in [1.54, 1.807) is 6.92 Å². The van der Waals surface area contributed by atoms with Crippen molar-refractivity contribution in [1.82, 2.24) is 4.90 Å². The lowest BCUT2D eigenvalue weighted by molar-refractivity contribution is -0.384. The number of nitro benzene ring substituents is 1. The van der Waals surface area contributed by atoms with Crippen LogP contribution in [0.2, 0.25) is 0 Å². The number of hydrogen-bond acceptors (Lipinski definition) is 6. The quantitative estimate of drug-likeness (QED) is 0.295. The Bertz CT molecular complexity index is 638. The van der Waals surface area contributed by atoms with E-state index in [-0.39, 0.29) is 37.8 Å². The number of benzene rings is 1. The molecule has 1 amide bonds. The molecule has 0 heterocycles. The smallest absolute Gasteiger partial charge is 0.307 e. The molecule has 0 aromatic heterocycles.